The second-order valence-electron chi connectivity index (χ2n) is 13.3. The lowest BCUT2D eigenvalue weighted by Crippen LogP contribution is -2.10. The van der Waals surface area contributed by atoms with Gasteiger partial charge in [-0.1, -0.05) is 127 Å². The monoisotopic (exact) mass is 667 g/mol. The highest BCUT2D eigenvalue weighted by Gasteiger charge is 2.22. The van der Waals surface area contributed by atoms with E-state index in [0.717, 1.165) is 39.0 Å². The quantitative estimate of drug-likeness (QED) is 0.186. The first-order valence-electron chi connectivity index (χ1n) is 17.3. The molecule has 2 aromatic heterocycles. The number of rotatable bonds is 4. The number of fused-ring (bicyclic) bond motifs is 10. The molecular formula is C48H29NOS. The van der Waals surface area contributed by atoms with E-state index in [1.54, 1.807) is 0 Å². The molecule has 2 heterocycles. The second kappa shape index (κ2) is 11.0. The molecule has 3 heteroatoms. The smallest absolute Gasteiger partial charge is 0.144 e. The Balaban J connectivity index is 1.15. The third kappa shape index (κ3) is 4.35. The maximum Gasteiger partial charge on any atom is 0.144 e. The molecule has 0 amide bonds. The van der Waals surface area contributed by atoms with Gasteiger partial charge in [0.05, 0.1) is 16.1 Å². The van der Waals surface area contributed by atoms with Crippen LogP contribution in [-0.2, 0) is 0 Å². The van der Waals surface area contributed by atoms with Crippen LogP contribution in [0.2, 0.25) is 0 Å². The van der Waals surface area contributed by atoms with Gasteiger partial charge in [-0.25, -0.2) is 0 Å². The lowest BCUT2D eigenvalue weighted by atomic mass is 9.98. The average molecular weight is 668 g/mol. The summed E-state index contributed by atoms with van der Waals surface area (Å²) < 4.78 is 9.20. The fraction of sp³-hybridized carbons (Fsp3) is 0. The molecule has 238 valence electrons. The van der Waals surface area contributed by atoms with Gasteiger partial charge in [0.2, 0.25) is 0 Å². The van der Waals surface area contributed by atoms with E-state index in [1.165, 1.54) is 63.6 Å². The summed E-state index contributed by atoms with van der Waals surface area (Å²) in [5.74, 6) is 0. The molecule has 0 aliphatic heterocycles. The predicted molar refractivity (Wildman–Crippen MR) is 219 cm³/mol. The number of hydrogen-bond acceptors (Lipinski definition) is 3. The molecule has 2 nitrogen and oxygen atoms in total. The van der Waals surface area contributed by atoms with Crippen LogP contribution in [0.4, 0.5) is 17.1 Å². The minimum Gasteiger partial charge on any atom is -0.455 e. The van der Waals surface area contributed by atoms with E-state index in [0.29, 0.717) is 0 Å². The lowest BCUT2D eigenvalue weighted by molar-refractivity contribution is 0.673. The zero-order valence-corrected chi connectivity index (χ0v) is 28.3. The second-order valence-corrected chi connectivity index (χ2v) is 14.3. The van der Waals surface area contributed by atoms with Crippen molar-refractivity contribution in [1.82, 2.24) is 0 Å². The van der Waals surface area contributed by atoms with Crippen LogP contribution in [0.5, 0.6) is 0 Å². The maximum atomic E-state index is 6.75. The number of anilines is 3. The molecule has 0 bridgehead atoms. The molecule has 0 aliphatic rings. The van der Waals surface area contributed by atoms with Crippen molar-refractivity contribution in [1.29, 1.82) is 0 Å². The van der Waals surface area contributed by atoms with Crippen molar-refractivity contribution < 1.29 is 4.42 Å². The van der Waals surface area contributed by atoms with Gasteiger partial charge < -0.3 is 9.32 Å². The Morgan fingerprint density at radius 2 is 1.06 bits per heavy atom. The van der Waals surface area contributed by atoms with Gasteiger partial charge in [-0.2, -0.15) is 0 Å². The Hall–Kier alpha value is -6.42. The molecule has 51 heavy (non-hydrogen) atoms. The van der Waals surface area contributed by atoms with Crippen molar-refractivity contribution in [3.05, 3.63) is 176 Å². The molecule has 0 N–H and O–H groups in total. The highest BCUT2D eigenvalue weighted by Crippen LogP contribution is 2.49. The van der Waals surface area contributed by atoms with Crippen molar-refractivity contribution in [2.24, 2.45) is 0 Å². The summed E-state index contributed by atoms with van der Waals surface area (Å²) in [7, 11) is 0. The normalized spacial score (nSPS) is 11.9. The zero-order chi connectivity index (χ0) is 33.5. The van der Waals surface area contributed by atoms with Crippen LogP contribution in [0.1, 0.15) is 0 Å². The first kappa shape index (κ1) is 28.4. The van der Waals surface area contributed by atoms with E-state index in [-0.39, 0.29) is 0 Å². The van der Waals surface area contributed by atoms with E-state index in [9.17, 15) is 0 Å². The number of hydrogen-bond donors (Lipinski definition) is 0. The minimum absolute atomic E-state index is 0.926. The van der Waals surface area contributed by atoms with Gasteiger partial charge in [0.25, 0.3) is 0 Å². The molecular weight excluding hydrogens is 639 g/mol. The third-order valence-electron chi connectivity index (χ3n) is 10.4. The highest BCUT2D eigenvalue weighted by atomic mass is 32.1. The molecule has 0 atom stereocenters. The van der Waals surface area contributed by atoms with Crippen LogP contribution in [0.15, 0.2) is 180 Å². The minimum atomic E-state index is 0.926. The van der Waals surface area contributed by atoms with Crippen LogP contribution >= 0.6 is 11.3 Å². The van der Waals surface area contributed by atoms with Crippen molar-refractivity contribution in [3.8, 4) is 11.1 Å². The fourth-order valence-corrected chi connectivity index (χ4v) is 9.25. The maximum absolute atomic E-state index is 6.75. The SMILES string of the molecule is c1ccc2cc3c(cc2c1)oc1c3ccc2sc3c(N(c4ccc(-c5cccc6ccccc56)cc4)c4cccc5ccccc45)cccc3c21. The summed E-state index contributed by atoms with van der Waals surface area (Å²) >= 11 is 1.84. The largest absolute Gasteiger partial charge is 0.455 e. The number of furan rings is 1. The Bertz CT molecular complexity index is 3140. The first-order chi connectivity index (χ1) is 25.3. The molecule has 0 saturated carbocycles. The van der Waals surface area contributed by atoms with Crippen molar-refractivity contribution in [2.75, 3.05) is 4.90 Å². The standard InChI is InChI=1S/C48H29NOS/c1-2-13-34-29-44-41(28-33(34)12-1)39-26-27-45-46(47(39)50-44)40-19-9-21-43(48(40)51-45)49(42-20-8-15-31-11-4-6-17-38(31)42)35-24-22-32(23-25-35)37-18-7-14-30-10-3-5-16-36(30)37/h1-29H. The third-order valence-corrected chi connectivity index (χ3v) is 11.6. The molecule has 0 unspecified atom stereocenters. The highest BCUT2D eigenvalue weighted by molar-refractivity contribution is 7.26. The van der Waals surface area contributed by atoms with Crippen LogP contribution in [0.3, 0.4) is 0 Å². The molecule has 0 spiro atoms. The van der Waals surface area contributed by atoms with Gasteiger partial charge in [-0.3, -0.25) is 0 Å². The van der Waals surface area contributed by atoms with Gasteiger partial charge >= 0.3 is 0 Å². The van der Waals surface area contributed by atoms with E-state index < -0.39 is 0 Å². The van der Waals surface area contributed by atoms with E-state index in [4.69, 9.17) is 4.42 Å². The molecule has 0 radical (unpaired) electrons. The number of thiophene rings is 1. The number of nitrogens with zero attached hydrogens (tertiary/aromatic N) is 1. The summed E-state index contributed by atoms with van der Waals surface area (Å²) in [6.45, 7) is 0. The molecule has 0 aliphatic carbocycles. The van der Waals surface area contributed by atoms with Crippen molar-refractivity contribution >= 4 is 103 Å². The lowest BCUT2D eigenvalue weighted by Gasteiger charge is -2.27. The fourth-order valence-electron chi connectivity index (χ4n) is 8.04. The van der Waals surface area contributed by atoms with Crippen molar-refractivity contribution in [2.45, 2.75) is 0 Å². The van der Waals surface area contributed by atoms with Crippen molar-refractivity contribution in [3.63, 3.8) is 0 Å². The van der Waals surface area contributed by atoms with Gasteiger partial charge in [0.1, 0.15) is 11.2 Å². The summed E-state index contributed by atoms with van der Waals surface area (Å²) in [6, 6.07) is 63.7. The Labute approximate surface area is 298 Å². The Kier molecular flexibility index (Phi) is 6.16. The van der Waals surface area contributed by atoms with Gasteiger partial charge in [-0.15, -0.1) is 11.3 Å². The van der Waals surface area contributed by atoms with E-state index in [2.05, 4.69) is 181 Å². The van der Waals surface area contributed by atoms with Gasteiger partial charge in [0, 0.05) is 37.3 Å². The van der Waals surface area contributed by atoms with E-state index in [1.807, 2.05) is 11.3 Å². The summed E-state index contributed by atoms with van der Waals surface area (Å²) in [5.41, 5.74) is 7.74. The molecule has 11 aromatic rings. The zero-order valence-electron chi connectivity index (χ0n) is 27.5. The Morgan fingerprint density at radius 1 is 0.431 bits per heavy atom. The van der Waals surface area contributed by atoms with Crippen LogP contribution in [-0.4, -0.2) is 0 Å². The first-order valence-corrected chi connectivity index (χ1v) is 18.2. The van der Waals surface area contributed by atoms with Gasteiger partial charge in [-0.05, 0) is 86.6 Å². The van der Waals surface area contributed by atoms with Crippen LogP contribution in [0.25, 0.3) is 85.6 Å². The molecule has 11 rings (SSSR count). The van der Waals surface area contributed by atoms with Crippen LogP contribution in [0, 0.1) is 0 Å². The molecule has 0 saturated heterocycles. The summed E-state index contributed by atoms with van der Waals surface area (Å²) in [6.07, 6.45) is 0. The predicted octanol–water partition coefficient (Wildman–Crippen LogP) is 14.6. The summed E-state index contributed by atoms with van der Waals surface area (Å²) in [4.78, 5) is 2.44. The molecule has 9 aromatic carbocycles. The van der Waals surface area contributed by atoms with Gasteiger partial charge in [0.15, 0.2) is 0 Å². The summed E-state index contributed by atoms with van der Waals surface area (Å²) in [5, 5.41) is 12.1. The topological polar surface area (TPSA) is 16.4 Å². The number of benzene rings is 9. The average Bonchev–Trinajstić information content (AvgIpc) is 3.75. The molecule has 0 fully saturated rings. The Morgan fingerprint density at radius 3 is 1.88 bits per heavy atom. The van der Waals surface area contributed by atoms with E-state index >= 15 is 0 Å². The van der Waals surface area contributed by atoms with Crippen LogP contribution < -0.4 is 4.90 Å².